The lowest BCUT2D eigenvalue weighted by Gasteiger charge is -2.34. The number of benzene rings is 1. The summed E-state index contributed by atoms with van der Waals surface area (Å²) < 4.78 is 1.19. The van der Waals surface area contributed by atoms with E-state index in [1.807, 2.05) is 28.6 Å². The van der Waals surface area contributed by atoms with Crippen molar-refractivity contribution in [2.24, 2.45) is 0 Å². The molecule has 1 saturated heterocycles. The quantitative estimate of drug-likeness (QED) is 0.713. The largest absolute Gasteiger partial charge is 0.345 e. The molecular formula is C17H17N3OS2. The number of rotatable bonds is 2. The molecule has 1 amide bonds. The van der Waals surface area contributed by atoms with Gasteiger partial charge in [0.05, 0.1) is 4.88 Å². The Morgan fingerprint density at radius 3 is 2.65 bits per heavy atom. The molecule has 0 aliphatic carbocycles. The number of aromatic nitrogens is 1. The predicted octanol–water partition coefficient (Wildman–Crippen LogP) is 3.63. The van der Waals surface area contributed by atoms with Crippen LogP contribution in [0, 0.1) is 6.92 Å². The lowest BCUT2D eigenvalue weighted by Crippen LogP contribution is -2.48. The van der Waals surface area contributed by atoms with Gasteiger partial charge in [-0.25, -0.2) is 4.98 Å². The van der Waals surface area contributed by atoms with Gasteiger partial charge in [-0.05, 0) is 23.9 Å². The molecular weight excluding hydrogens is 326 g/mol. The van der Waals surface area contributed by atoms with E-state index < -0.39 is 0 Å². The maximum absolute atomic E-state index is 12.9. The first-order chi connectivity index (χ1) is 11.2. The van der Waals surface area contributed by atoms with E-state index in [4.69, 9.17) is 0 Å². The smallest absolute Gasteiger partial charge is 0.264 e. The van der Waals surface area contributed by atoms with E-state index in [0.717, 1.165) is 41.8 Å². The Kier molecular flexibility index (Phi) is 3.79. The predicted molar refractivity (Wildman–Crippen MR) is 96.8 cm³/mol. The van der Waals surface area contributed by atoms with Crippen molar-refractivity contribution in [2.75, 3.05) is 31.1 Å². The molecule has 2 aromatic heterocycles. The van der Waals surface area contributed by atoms with E-state index in [-0.39, 0.29) is 5.91 Å². The summed E-state index contributed by atoms with van der Waals surface area (Å²) in [5, 5.41) is 4.24. The van der Waals surface area contributed by atoms with Crippen molar-refractivity contribution in [3.8, 4) is 0 Å². The molecule has 1 aliphatic heterocycles. The molecule has 4 rings (SSSR count). The number of fused-ring (bicyclic) bond motifs is 1. The zero-order valence-electron chi connectivity index (χ0n) is 12.9. The third-order valence-electron chi connectivity index (χ3n) is 4.29. The first kappa shape index (κ1) is 14.7. The monoisotopic (exact) mass is 343 g/mol. The summed E-state index contributed by atoms with van der Waals surface area (Å²) in [6.45, 7) is 5.27. The van der Waals surface area contributed by atoms with Gasteiger partial charge in [0.15, 0.2) is 5.13 Å². The molecule has 118 valence electrons. The minimum atomic E-state index is 0.169. The van der Waals surface area contributed by atoms with E-state index in [2.05, 4.69) is 28.9 Å². The van der Waals surface area contributed by atoms with Crippen LogP contribution >= 0.6 is 22.7 Å². The fourth-order valence-corrected chi connectivity index (χ4v) is 4.87. The summed E-state index contributed by atoms with van der Waals surface area (Å²) in [4.78, 5) is 22.4. The SMILES string of the molecule is Cc1c(C(=O)N2CCN(c3nccs3)CC2)sc2ccccc12. The Morgan fingerprint density at radius 2 is 1.96 bits per heavy atom. The summed E-state index contributed by atoms with van der Waals surface area (Å²) in [7, 11) is 0. The van der Waals surface area contributed by atoms with Crippen LogP contribution in [0.4, 0.5) is 5.13 Å². The maximum atomic E-state index is 12.9. The van der Waals surface area contributed by atoms with Gasteiger partial charge in [-0.15, -0.1) is 22.7 Å². The highest BCUT2D eigenvalue weighted by molar-refractivity contribution is 7.21. The van der Waals surface area contributed by atoms with Gasteiger partial charge in [-0.1, -0.05) is 18.2 Å². The van der Waals surface area contributed by atoms with Gasteiger partial charge in [0, 0.05) is 42.5 Å². The van der Waals surface area contributed by atoms with Crippen LogP contribution in [0.2, 0.25) is 0 Å². The van der Waals surface area contributed by atoms with Crippen LogP contribution < -0.4 is 4.90 Å². The van der Waals surface area contributed by atoms with E-state index in [0.29, 0.717) is 0 Å². The Morgan fingerprint density at radius 1 is 1.17 bits per heavy atom. The molecule has 0 saturated carbocycles. The molecule has 4 nitrogen and oxygen atoms in total. The topological polar surface area (TPSA) is 36.4 Å². The van der Waals surface area contributed by atoms with Crippen molar-refractivity contribution in [3.63, 3.8) is 0 Å². The maximum Gasteiger partial charge on any atom is 0.264 e. The average molecular weight is 343 g/mol. The van der Waals surface area contributed by atoms with Crippen LogP contribution in [-0.4, -0.2) is 42.0 Å². The summed E-state index contributed by atoms with van der Waals surface area (Å²) >= 11 is 3.26. The highest BCUT2D eigenvalue weighted by atomic mass is 32.1. The molecule has 1 aromatic carbocycles. The molecule has 1 aliphatic rings. The Labute approximate surface area is 143 Å². The van der Waals surface area contributed by atoms with Gasteiger partial charge in [0.25, 0.3) is 5.91 Å². The van der Waals surface area contributed by atoms with Crippen LogP contribution in [0.3, 0.4) is 0 Å². The fourth-order valence-electron chi connectivity index (χ4n) is 2.99. The van der Waals surface area contributed by atoms with E-state index >= 15 is 0 Å². The Hall–Kier alpha value is -1.92. The number of hydrogen-bond acceptors (Lipinski definition) is 5. The first-order valence-corrected chi connectivity index (χ1v) is 9.35. The fraction of sp³-hybridized carbons (Fsp3) is 0.294. The second kappa shape index (κ2) is 5.94. The molecule has 0 bridgehead atoms. The molecule has 0 spiro atoms. The zero-order valence-corrected chi connectivity index (χ0v) is 14.5. The normalized spacial score (nSPS) is 15.3. The molecule has 3 heterocycles. The van der Waals surface area contributed by atoms with Crippen LogP contribution in [0.1, 0.15) is 15.2 Å². The number of amides is 1. The van der Waals surface area contributed by atoms with Crippen LogP contribution in [0.15, 0.2) is 35.8 Å². The summed E-state index contributed by atoms with van der Waals surface area (Å²) in [5.74, 6) is 0.169. The first-order valence-electron chi connectivity index (χ1n) is 7.66. The number of carbonyl (C=O) groups excluding carboxylic acids is 1. The average Bonchev–Trinajstić information content (AvgIpc) is 3.23. The Bertz CT molecular complexity index is 833. The number of anilines is 1. The van der Waals surface area contributed by atoms with Gasteiger partial charge in [-0.2, -0.15) is 0 Å². The molecule has 1 fully saturated rings. The second-order valence-electron chi connectivity index (χ2n) is 5.65. The van der Waals surface area contributed by atoms with E-state index in [1.54, 1.807) is 22.7 Å². The number of aryl methyl sites for hydroxylation is 1. The standard InChI is InChI=1S/C17H17N3OS2/c1-12-13-4-2-3-5-14(13)23-15(12)16(21)19-7-9-20(10-8-19)17-18-6-11-22-17/h2-6,11H,7-10H2,1H3. The molecule has 6 heteroatoms. The highest BCUT2D eigenvalue weighted by Gasteiger charge is 2.25. The Balaban J connectivity index is 1.52. The number of thiazole rings is 1. The minimum absolute atomic E-state index is 0.169. The molecule has 0 atom stereocenters. The van der Waals surface area contributed by atoms with Crippen molar-refractivity contribution in [2.45, 2.75) is 6.92 Å². The van der Waals surface area contributed by atoms with Gasteiger partial charge in [-0.3, -0.25) is 4.79 Å². The molecule has 0 radical (unpaired) electrons. The van der Waals surface area contributed by atoms with Crippen LogP contribution in [-0.2, 0) is 0 Å². The third-order valence-corrected chi connectivity index (χ3v) is 6.39. The lowest BCUT2D eigenvalue weighted by atomic mass is 10.1. The van der Waals surface area contributed by atoms with Crippen molar-refractivity contribution < 1.29 is 4.79 Å². The number of carbonyl (C=O) groups is 1. The minimum Gasteiger partial charge on any atom is -0.345 e. The summed E-state index contributed by atoms with van der Waals surface area (Å²) in [6, 6.07) is 8.24. The van der Waals surface area contributed by atoms with Crippen molar-refractivity contribution in [3.05, 3.63) is 46.3 Å². The van der Waals surface area contributed by atoms with Crippen molar-refractivity contribution >= 4 is 43.8 Å². The molecule has 0 N–H and O–H groups in total. The van der Waals surface area contributed by atoms with Gasteiger partial charge in [0.2, 0.25) is 0 Å². The summed E-state index contributed by atoms with van der Waals surface area (Å²) in [5.41, 5.74) is 1.11. The molecule has 23 heavy (non-hydrogen) atoms. The third kappa shape index (κ3) is 2.62. The zero-order chi connectivity index (χ0) is 15.8. The molecule has 0 unspecified atom stereocenters. The van der Waals surface area contributed by atoms with Crippen molar-refractivity contribution in [1.29, 1.82) is 0 Å². The van der Waals surface area contributed by atoms with E-state index in [9.17, 15) is 4.79 Å². The van der Waals surface area contributed by atoms with Crippen molar-refractivity contribution in [1.82, 2.24) is 9.88 Å². The van der Waals surface area contributed by atoms with Gasteiger partial charge >= 0.3 is 0 Å². The van der Waals surface area contributed by atoms with Crippen LogP contribution in [0.5, 0.6) is 0 Å². The molecule has 3 aromatic rings. The lowest BCUT2D eigenvalue weighted by molar-refractivity contribution is 0.0751. The van der Waals surface area contributed by atoms with Gasteiger partial charge in [0.1, 0.15) is 0 Å². The number of hydrogen-bond donors (Lipinski definition) is 0. The summed E-state index contributed by atoms with van der Waals surface area (Å²) in [6.07, 6.45) is 1.83. The van der Waals surface area contributed by atoms with Crippen LogP contribution in [0.25, 0.3) is 10.1 Å². The highest BCUT2D eigenvalue weighted by Crippen LogP contribution is 2.31. The number of piperazine rings is 1. The van der Waals surface area contributed by atoms with Gasteiger partial charge < -0.3 is 9.80 Å². The number of thiophene rings is 1. The second-order valence-corrected chi connectivity index (χ2v) is 7.57. The number of nitrogens with zero attached hydrogens (tertiary/aromatic N) is 3. The van der Waals surface area contributed by atoms with E-state index in [1.165, 1.54) is 10.1 Å².